The monoisotopic (exact) mass is 290 g/mol. The van der Waals surface area contributed by atoms with Crippen LogP contribution in [0.25, 0.3) is 0 Å². The van der Waals surface area contributed by atoms with Crippen LogP contribution in [0.2, 0.25) is 0 Å². The van der Waals surface area contributed by atoms with Gasteiger partial charge >= 0.3 is 0 Å². The molecule has 0 radical (unpaired) electrons. The molecular formula is C18H30N2O. The molecule has 1 saturated carbocycles. The predicted octanol–water partition coefficient (Wildman–Crippen LogP) is 3.35. The van der Waals surface area contributed by atoms with Crippen LogP contribution in [0.15, 0.2) is 24.3 Å². The number of hydrogen-bond donors (Lipinski definition) is 2. The van der Waals surface area contributed by atoms with Crippen LogP contribution < -0.4 is 11.3 Å². The van der Waals surface area contributed by atoms with Gasteiger partial charge in [0.1, 0.15) is 0 Å². The zero-order chi connectivity index (χ0) is 15.3. The van der Waals surface area contributed by atoms with Gasteiger partial charge in [0.25, 0.3) is 0 Å². The maximum absolute atomic E-state index is 6.26. The van der Waals surface area contributed by atoms with Crippen LogP contribution in [0.5, 0.6) is 0 Å². The Bertz CT molecular complexity index is 445. The first kappa shape index (κ1) is 16.5. The van der Waals surface area contributed by atoms with Crippen molar-refractivity contribution in [3.63, 3.8) is 0 Å². The van der Waals surface area contributed by atoms with Crippen LogP contribution in [0, 0.1) is 12.8 Å². The van der Waals surface area contributed by atoms with Crippen molar-refractivity contribution in [1.82, 2.24) is 5.43 Å². The normalized spacial score (nSPS) is 27.5. The Balaban J connectivity index is 2.21. The van der Waals surface area contributed by atoms with Crippen molar-refractivity contribution in [2.45, 2.75) is 64.5 Å². The van der Waals surface area contributed by atoms with Crippen molar-refractivity contribution >= 4 is 0 Å². The maximum atomic E-state index is 6.26. The largest absolute Gasteiger partial charge is 0.374 e. The lowest BCUT2D eigenvalue weighted by Crippen LogP contribution is -2.58. The van der Waals surface area contributed by atoms with E-state index in [2.05, 4.69) is 50.5 Å². The molecule has 3 N–H and O–H groups in total. The van der Waals surface area contributed by atoms with E-state index in [-0.39, 0.29) is 11.6 Å². The molecule has 0 aromatic heterocycles. The Morgan fingerprint density at radius 3 is 2.81 bits per heavy atom. The molecule has 0 spiro atoms. The van der Waals surface area contributed by atoms with Gasteiger partial charge in [0, 0.05) is 6.61 Å². The van der Waals surface area contributed by atoms with Crippen LogP contribution in [0.4, 0.5) is 0 Å². The number of nitrogens with two attached hydrogens (primary N) is 1. The number of rotatable bonds is 6. The average molecular weight is 290 g/mol. The lowest BCUT2D eigenvalue weighted by Gasteiger charge is -2.45. The molecule has 118 valence electrons. The second-order valence-electron chi connectivity index (χ2n) is 6.55. The number of hydrogen-bond acceptors (Lipinski definition) is 3. The van der Waals surface area contributed by atoms with Gasteiger partial charge in [-0.05, 0) is 50.2 Å². The highest BCUT2D eigenvalue weighted by Crippen LogP contribution is 2.38. The second kappa shape index (κ2) is 7.39. The molecule has 3 unspecified atom stereocenters. The molecule has 0 bridgehead atoms. The van der Waals surface area contributed by atoms with Crippen LogP contribution in [-0.2, 0) is 11.2 Å². The van der Waals surface area contributed by atoms with Crippen molar-refractivity contribution in [3.05, 3.63) is 35.4 Å². The Kier molecular flexibility index (Phi) is 5.80. The van der Waals surface area contributed by atoms with Crippen LogP contribution in [-0.4, -0.2) is 18.2 Å². The average Bonchev–Trinajstić information content (AvgIpc) is 2.46. The molecular weight excluding hydrogens is 260 g/mol. The number of aryl methyl sites for hydroxylation is 1. The van der Waals surface area contributed by atoms with Gasteiger partial charge in [-0.3, -0.25) is 11.3 Å². The lowest BCUT2D eigenvalue weighted by atomic mass is 9.73. The van der Waals surface area contributed by atoms with Gasteiger partial charge in [-0.15, -0.1) is 0 Å². The fourth-order valence-corrected chi connectivity index (χ4v) is 3.84. The topological polar surface area (TPSA) is 47.3 Å². The molecule has 0 heterocycles. The quantitative estimate of drug-likeness (QED) is 0.624. The van der Waals surface area contributed by atoms with E-state index < -0.39 is 0 Å². The fourth-order valence-electron chi connectivity index (χ4n) is 3.84. The molecule has 1 aromatic carbocycles. The molecule has 1 aromatic rings. The van der Waals surface area contributed by atoms with E-state index in [0.29, 0.717) is 5.92 Å². The summed E-state index contributed by atoms with van der Waals surface area (Å²) in [6, 6.07) is 8.73. The van der Waals surface area contributed by atoms with E-state index in [0.717, 1.165) is 25.9 Å². The van der Waals surface area contributed by atoms with Crippen molar-refractivity contribution in [3.8, 4) is 0 Å². The predicted molar refractivity (Wildman–Crippen MR) is 88.0 cm³/mol. The molecule has 0 amide bonds. The van der Waals surface area contributed by atoms with Gasteiger partial charge in [-0.1, -0.05) is 44.0 Å². The van der Waals surface area contributed by atoms with Gasteiger partial charge in [-0.25, -0.2) is 0 Å². The highest BCUT2D eigenvalue weighted by molar-refractivity contribution is 5.27. The Labute approximate surface area is 129 Å². The van der Waals surface area contributed by atoms with Gasteiger partial charge in [0.15, 0.2) is 0 Å². The third kappa shape index (κ3) is 3.85. The Morgan fingerprint density at radius 1 is 1.43 bits per heavy atom. The number of ether oxygens (including phenoxy) is 1. The molecule has 3 atom stereocenters. The highest BCUT2D eigenvalue weighted by Gasteiger charge is 2.42. The summed E-state index contributed by atoms with van der Waals surface area (Å²) in [7, 11) is 0. The summed E-state index contributed by atoms with van der Waals surface area (Å²) in [4.78, 5) is 0. The van der Waals surface area contributed by atoms with Crippen LogP contribution >= 0.6 is 0 Å². The molecule has 0 saturated heterocycles. The number of nitrogens with one attached hydrogen (secondary N) is 1. The van der Waals surface area contributed by atoms with E-state index >= 15 is 0 Å². The molecule has 3 nitrogen and oxygen atoms in total. The van der Waals surface area contributed by atoms with Gasteiger partial charge < -0.3 is 4.74 Å². The van der Waals surface area contributed by atoms with Gasteiger partial charge in [0.05, 0.1) is 11.6 Å². The van der Waals surface area contributed by atoms with Crippen LogP contribution in [0.3, 0.4) is 0 Å². The van der Waals surface area contributed by atoms with E-state index in [1.54, 1.807) is 0 Å². The summed E-state index contributed by atoms with van der Waals surface area (Å²) in [5.74, 6) is 6.64. The third-order valence-corrected chi connectivity index (χ3v) is 4.94. The molecule has 21 heavy (non-hydrogen) atoms. The first-order valence-electron chi connectivity index (χ1n) is 8.26. The summed E-state index contributed by atoms with van der Waals surface area (Å²) in [5.41, 5.74) is 5.63. The molecule has 1 fully saturated rings. The number of hydrazine groups is 1. The van der Waals surface area contributed by atoms with E-state index in [1.807, 2.05) is 0 Å². The second-order valence-corrected chi connectivity index (χ2v) is 6.55. The molecule has 1 aliphatic rings. The minimum Gasteiger partial charge on any atom is -0.374 e. The highest BCUT2D eigenvalue weighted by atomic mass is 16.5. The molecule has 1 aliphatic carbocycles. The zero-order valence-electron chi connectivity index (χ0n) is 13.7. The van der Waals surface area contributed by atoms with Crippen molar-refractivity contribution < 1.29 is 4.74 Å². The Morgan fingerprint density at radius 2 is 2.19 bits per heavy atom. The maximum Gasteiger partial charge on any atom is 0.0853 e. The van der Waals surface area contributed by atoms with E-state index in [9.17, 15) is 0 Å². The first-order valence-corrected chi connectivity index (χ1v) is 8.26. The summed E-state index contributed by atoms with van der Waals surface area (Å²) < 4.78 is 6.26. The third-order valence-electron chi connectivity index (χ3n) is 4.94. The van der Waals surface area contributed by atoms with E-state index in [1.165, 1.54) is 24.0 Å². The standard InChI is InChI=1S/C18H30N2O/c1-4-21-18(11-7-8-14(2)13-18)17(20-19)12-16-10-6-5-9-15(16)3/h5-6,9-10,14,17,20H,4,7-8,11-13,19H2,1-3H3. The summed E-state index contributed by atoms with van der Waals surface area (Å²) in [6.45, 7) is 7.33. The summed E-state index contributed by atoms with van der Waals surface area (Å²) in [5, 5.41) is 0. The summed E-state index contributed by atoms with van der Waals surface area (Å²) in [6.07, 6.45) is 5.66. The summed E-state index contributed by atoms with van der Waals surface area (Å²) >= 11 is 0. The van der Waals surface area contributed by atoms with E-state index in [4.69, 9.17) is 10.6 Å². The van der Waals surface area contributed by atoms with Gasteiger partial charge in [0.2, 0.25) is 0 Å². The minimum absolute atomic E-state index is 0.122. The lowest BCUT2D eigenvalue weighted by molar-refractivity contribution is -0.100. The molecule has 2 rings (SSSR count). The zero-order valence-corrected chi connectivity index (χ0v) is 13.7. The van der Waals surface area contributed by atoms with Crippen molar-refractivity contribution in [2.24, 2.45) is 11.8 Å². The Hall–Kier alpha value is -0.900. The van der Waals surface area contributed by atoms with Crippen LogP contribution in [0.1, 0.15) is 50.7 Å². The van der Waals surface area contributed by atoms with Crippen molar-refractivity contribution in [1.29, 1.82) is 0 Å². The van der Waals surface area contributed by atoms with Gasteiger partial charge in [-0.2, -0.15) is 0 Å². The fraction of sp³-hybridized carbons (Fsp3) is 0.667. The number of benzene rings is 1. The SMILES string of the molecule is CCOC1(C(Cc2ccccc2C)NN)CCCC(C)C1. The molecule has 3 heteroatoms. The smallest absolute Gasteiger partial charge is 0.0853 e. The minimum atomic E-state index is -0.122. The van der Waals surface area contributed by atoms with Crippen molar-refractivity contribution in [2.75, 3.05) is 6.61 Å². The molecule has 0 aliphatic heterocycles. The first-order chi connectivity index (χ1) is 10.1.